The Labute approximate surface area is 136 Å². The molecule has 0 spiro atoms. The minimum absolute atomic E-state index is 0.418. The van der Waals surface area contributed by atoms with Gasteiger partial charge >= 0.3 is 0 Å². The molecule has 4 heteroatoms. The van der Waals surface area contributed by atoms with Gasteiger partial charge in [0.25, 0.3) is 0 Å². The van der Waals surface area contributed by atoms with Gasteiger partial charge in [-0.15, -0.1) is 0 Å². The number of aryl methyl sites for hydroxylation is 2. The van der Waals surface area contributed by atoms with Crippen LogP contribution in [0.15, 0.2) is 36.4 Å². The zero-order valence-corrected chi connectivity index (χ0v) is 13.9. The average molecular weight is 323 g/mol. The lowest BCUT2D eigenvalue weighted by molar-refractivity contribution is 0.509. The van der Waals surface area contributed by atoms with Gasteiger partial charge in [0, 0.05) is 18.3 Å². The van der Waals surface area contributed by atoms with Crippen molar-refractivity contribution in [3.63, 3.8) is 0 Å². The van der Waals surface area contributed by atoms with E-state index in [1.54, 1.807) is 0 Å². The smallest absolute Gasteiger partial charge is 0.0595 e. The third kappa shape index (κ3) is 5.31. The zero-order valence-electron chi connectivity index (χ0n) is 12.4. The number of benzene rings is 1. The maximum absolute atomic E-state index is 6.03. The van der Waals surface area contributed by atoms with Crippen LogP contribution in [0.3, 0.4) is 0 Å². The van der Waals surface area contributed by atoms with Crippen LogP contribution in [-0.2, 0) is 13.0 Å². The summed E-state index contributed by atoms with van der Waals surface area (Å²) in [6.07, 6.45) is 2.02. The van der Waals surface area contributed by atoms with E-state index >= 15 is 0 Å². The molecule has 1 aromatic carbocycles. The molecule has 0 saturated carbocycles. The van der Waals surface area contributed by atoms with Crippen molar-refractivity contribution < 1.29 is 0 Å². The first-order chi connectivity index (χ1) is 10.0. The van der Waals surface area contributed by atoms with Gasteiger partial charge in [0.2, 0.25) is 0 Å². The lowest BCUT2D eigenvalue weighted by Gasteiger charge is -2.14. The lowest BCUT2D eigenvalue weighted by Crippen LogP contribution is -2.26. The Morgan fingerprint density at radius 3 is 2.67 bits per heavy atom. The Balaban J connectivity index is 1.79. The molecule has 0 aliphatic carbocycles. The van der Waals surface area contributed by atoms with Crippen LogP contribution in [0.4, 0.5) is 0 Å². The van der Waals surface area contributed by atoms with E-state index in [1.165, 1.54) is 5.56 Å². The van der Waals surface area contributed by atoms with Crippen molar-refractivity contribution in [3.05, 3.63) is 63.4 Å². The summed E-state index contributed by atoms with van der Waals surface area (Å²) in [6.45, 7) is 4.99. The lowest BCUT2D eigenvalue weighted by atomic mass is 10.1. The van der Waals surface area contributed by atoms with E-state index < -0.39 is 0 Å². The van der Waals surface area contributed by atoms with Crippen molar-refractivity contribution in [2.24, 2.45) is 0 Å². The van der Waals surface area contributed by atoms with Gasteiger partial charge in [0.15, 0.2) is 0 Å². The fourth-order valence-electron chi connectivity index (χ4n) is 2.16. The molecule has 0 bridgehead atoms. The van der Waals surface area contributed by atoms with Crippen LogP contribution in [0.5, 0.6) is 0 Å². The second-order valence-corrected chi connectivity index (χ2v) is 6.15. The Hall–Kier alpha value is -1.09. The van der Waals surface area contributed by atoms with Gasteiger partial charge in [0.1, 0.15) is 0 Å². The summed E-state index contributed by atoms with van der Waals surface area (Å²) in [6, 6.07) is 12.3. The number of rotatable bonds is 6. The molecule has 0 aliphatic rings. The molecule has 112 valence electrons. The van der Waals surface area contributed by atoms with Gasteiger partial charge in [-0.05, 0) is 56.5 Å². The number of halogens is 2. The first-order valence-electron chi connectivity index (χ1n) is 7.14. The molecule has 0 radical (unpaired) electrons. The molecule has 21 heavy (non-hydrogen) atoms. The molecule has 0 fully saturated rings. The zero-order chi connectivity index (χ0) is 15.2. The molecule has 1 N–H and O–H groups in total. The van der Waals surface area contributed by atoms with Crippen molar-refractivity contribution in [2.45, 2.75) is 39.3 Å². The summed E-state index contributed by atoms with van der Waals surface area (Å²) >= 11 is 12.0. The van der Waals surface area contributed by atoms with Crippen LogP contribution in [0.1, 0.15) is 30.3 Å². The van der Waals surface area contributed by atoms with Gasteiger partial charge in [-0.25, -0.2) is 0 Å². The summed E-state index contributed by atoms with van der Waals surface area (Å²) in [5.41, 5.74) is 3.35. The van der Waals surface area contributed by atoms with Crippen molar-refractivity contribution in [2.75, 3.05) is 0 Å². The minimum atomic E-state index is 0.418. The maximum Gasteiger partial charge on any atom is 0.0595 e. The summed E-state index contributed by atoms with van der Waals surface area (Å²) in [7, 11) is 0. The first kappa shape index (κ1) is 16.3. The molecule has 2 rings (SSSR count). The van der Waals surface area contributed by atoms with Gasteiger partial charge in [-0.1, -0.05) is 35.3 Å². The highest BCUT2D eigenvalue weighted by atomic mass is 35.5. The standard InChI is InChI=1S/C17H20Cl2N2/c1-12(20-11-15-5-3-4-13(2)21-15)6-7-14-8-9-16(18)17(19)10-14/h3-5,8-10,12,20H,6-7,11H2,1-2H3. The molecule has 0 aliphatic heterocycles. The molecule has 2 nitrogen and oxygen atoms in total. The fraction of sp³-hybridized carbons (Fsp3) is 0.353. The SMILES string of the molecule is Cc1cccc(CNC(C)CCc2ccc(Cl)c(Cl)c2)n1. The molecular weight excluding hydrogens is 303 g/mol. The van der Waals surface area contributed by atoms with Crippen LogP contribution in [0.2, 0.25) is 10.0 Å². The van der Waals surface area contributed by atoms with E-state index in [-0.39, 0.29) is 0 Å². The largest absolute Gasteiger partial charge is 0.309 e. The second-order valence-electron chi connectivity index (χ2n) is 5.34. The normalized spacial score (nSPS) is 12.4. The summed E-state index contributed by atoms with van der Waals surface area (Å²) < 4.78 is 0. The van der Waals surface area contributed by atoms with E-state index in [1.807, 2.05) is 43.3 Å². The number of hydrogen-bond acceptors (Lipinski definition) is 2. The summed E-state index contributed by atoms with van der Waals surface area (Å²) in [4.78, 5) is 4.49. The molecule has 0 amide bonds. The van der Waals surface area contributed by atoms with E-state index in [0.717, 1.165) is 30.8 Å². The van der Waals surface area contributed by atoms with Crippen LogP contribution in [0, 0.1) is 6.92 Å². The maximum atomic E-state index is 6.03. The molecule has 2 aromatic rings. The highest BCUT2D eigenvalue weighted by Crippen LogP contribution is 2.23. The summed E-state index contributed by atoms with van der Waals surface area (Å²) in [5, 5.41) is 4.73. The molecular formula is C17H20Cl2N2. The van der Waals surface area contributed by atoms with Crippen LogP contribution in [-0.4, -0.2) is 11.0 Å². The van der Waals surface area contributed by atoms with E-state index in [9.17, 15) is 0 Å². The van der Waals surface area contributed by atoms with Gasteiger partial charge in [0.05, 0.1) is 15.7 Å². The Bertz CT molecular complexity index is 599. The highest BCUT2D eigenvalue weighted by molar-refractivity contribution is 6.42. The van der Waals surface area contributed by atoms with Crippen molar-refractivity contribution in [1.82, 2.24) is 10.3 Å². The predicted octanol–water partition coefficient (Wildman–Crippen LogP) is 4.81. The number of hydrogen-bond donors (Lipinski definition) is 1. The molecule has 1 aromatic heterocycles. The van der Waals surface area contributed by atoms with E-state index in [4.69, 9.17) is 23.2 Å². The highest BCUT2D eigenvalue weighted by Gasteiger charge is 2.05. The Morgan fingerprint density at radius 2 is 1.95 bits per heavy atom. The summed E-state index contributed by atoms with van der Waals surface area (Å²) in [5.74, 6) is 0. The monoisotopic (exact) mass is 322 g/mol. The van der Waals surface area contributed by atoms with Crippen LogP contribution in [0.25, 0.3) is 0 Å². The number of aromatic nitrogens is 1. The average Bonchev–Trinajstić information content (AvgIpc) is 2.46. The van der Waals surface area contributed by atoms with Crippen molar-refractivity contribution in [3.8, 4) is 0 Å². The quantitative estimate of drug-likeness (QED) is 0.825. The van der Waals surface area contributed by atoms with Crippen LogP contribution >= 0.6 is 23.2 Å². The first-order valence-corrected chi connectivity index (χ1v) is 7.90. The van der Waals surface area contributed by atoms with E-state index in [2.05, 4.69) is 17.2 Å². The molecule has 0 saturated heterocycles. The third-order valence-corrected chi connectivity index (χ3v) is 4.17. The van der Waals surface area contributed by atoms with Crippen LogP contribution < -0.4 is 5.32 Å². The topological polar surface area (TPSA) is 24.9 Å². The van der Waals surface area contributed by atoms with Crippen molar-refractivity contribution >= 4 is 23.2 Å². The minimum Gasteiger partial charge on any atom is -0.309 e. The number of pyridine rings is 1. The fourth-order valence-corrected chi connectivity index (χ4v) is 2.48. The molecule has 1 atom stereocenters. The van der Waals surface area contributed by atoms with E-state index in [0.29, 0.717) is 16.1 Å². The Morgan fingerprint density at radius 1 is 1.14 bits per heavy atom. The van der Waals surface area contributed by atoms with Gasteiger partial charge in [-0.2, -0.15) is 0 Å². The number of nitrogens with one attached hydrogen (secondary N) is 1. The third-order valence-electron chi connectivity index (χ3n) is 3.43. The number of nitrogens with zero attached hydrogens (tertiary/aromatic N) is 1. The predicted molar refractivity (Wildman–Crippen MR) is 90.1 cm³/mol. The molecule has 1 unspecified atom stereocenters. The van der Waals surface area contributed by atoms with Crippen molar-refractivity contribution in [1.29, 1.82) is 0 Å². The Kier molecular flexibility index (Phi) is 6.04. The second kappa shape index (κ2) is 7.79. The van der Waals surface area contributed by atoms with Gasteiger partial charge in [-0.3, -0.25) is 4.98 Å². The van der Waals surface area contributed by atoms with Gasteiger partial charge < -0.3 is 5.32 Å². The molecule has 1 heterocycles.